The minimum absolute atomic E-state index is 0.00200. The molecule has 0 saturated heterocycles. The third-order valence-corrected chi connectivity index (χ3v) is 7.27. The van der Waals surface area contributed by atoms with E-state index in [-0.39, 0.29) is 28.9 Å². The van der Waals surface area contributed by atoms with Crippen molar-refractivity contribution in [3.8, 4) is 11.5 Å². The molecular weight excluding hydrogens is 474 g/mol. The summed E-state index contributed by atoms with van der Waals surface area (Å²) >= 11 is 0. The van der Waals surface area contributed by atoms with E-state index in [9.17, 15) is 18.0 Å². The van der Waals surface area contributed by atoms with Gasteiger partial charge in [-0.05, 0) is 50.5 Å². The fourth-order valence-electron chi connectivity index (χ4n) is 3.77. The lowest BCUT2D eigenvalue weighted by atomic mass is 10.1. The first-order chi connectivity index (χ1) is 16.8. The lowest BCUT2D eigenvalue weighted by molar-refractivity contribution is -0.145. The maximum Gasteiger partial charge on any atom is 0.314 e. The Morgan fingerprint density at radius 2 is 1.86 bits per heavy atom. The van der Waals surface area contributed by atoms with Gasteiger partial charge in [-0.25, -0.2) is 13.8 Å². The Morgan fingerprint density at radius 1 is 1.11 bits per heavy atom. The molecule has 0 spiro atoms. The fourth-order valence-corrected chi connectivity index (χ4v) is 5.21. The van der Waals surface area contributed by atoms with E-state index in [2.05, 4.69) is 10.5 Å². The zero-order chi connectivity index (χ0) is 25.4. The second-order valence-electron chi connectivity index (χ2n) is 7.70. The summed E-state index contributed by atoms with van der Waals surface area (Å²) < 4.78 is 43.8. The highest BCUT2D eigenvalue weighted by atomic mass is 32.2. The number of methoxy groups -OCH3 is 2. The monoisotopic (exact) mass is 503 g/mol. The number of esters is 1. The van der Waals surface area contributed by atoms with Gasteiger partial charge in [0, 0.05) is 6.07 Å². The van der Waals surface area contributed by atoms with Gasteiger partial charge in [0.05, 0.1) is 43.0 Å². The molecule has 35 heavy (non-hydrogen) atoms. The summed E-state index contributed by atoms with van der Waals surface area (Å²) in [6.45, 7) is 1.39. The van der Waals surface area contributed by atoms with Crippen LogP contribution in [-0.2, 0) is 24.3 Å². The van der Waals surface area contributed by atoms with Crippen molar-refractivity contribution >= 4 is 33.3 Å². The first-order valence-corrected chi connectivity index (χ1v) is 12.6. The molecule has 1 N–H and O–H groups in total. The van der Waals surface area contributed by atoms with Crippen molar-refractivity contribution in [2.24, 2.45) is 11.0 Å². The molecule has 1 amide bonds. The first kappa shape index (κ1) is 26.0. The second-order valence-corrected chi connectivity index (χ2v) is 9.56. The van der Waals surface area contributed by atoms with Gasteiger partial charge in [-0.3, -0.25) is 13.9 Å². The zero-order valence-electron chi connectivity index (χ0n) is 19.9. The van der Waals surface area contributed by atoms with Gasteiger partial charge in [-0.15, -0.1) is 0 Å². The average Bonchev–Trinajstić information content (AvgIpc) is 3.35. The number of carbonyl (C=O) groups is 2. The van der Waals surface area contributed by atoms with Gasteiger partial charge in [0.1, 0.15) is 18.0 Å². The van der Waals surface area contributed by atoms with Crippen LogP contribution in [0.5, 0.6) is 11.5 Å². The van der Waals surface area contributed by atoms with Crippen molar-refractivity contribution in [1.82, 2.24) is 5.43 Å². The largest absolute Gasteiger partial charge is 0.497 e. The maximum absolute atomic E-state index is 13.6. The van der Waals surface area contributed by atoms with Crippen LogP contribution < -0.4 is 19.2 Å². The number of amides is 1. The van der Waals surface area contributed by atoms with E-state index < -0.39 is 28.4 Å². The summed E-state index contributed by atoms with van der Waals surface area (Å²) in [6, 6.07) is 12.4. The van der Waals surface area contributed by atoms with Crippen molar-refractivity contribution in [1.29, 1.82) is 0 Å². The highest BCUT2D eigenvalue weighted by Crippen LogP contribution is 2.35. The fraction of sp³-hybridized carbons (Fsp3) is 0.375. The van der Waals surface area contributed by atoms with Gasteiger partial charge in [0.15, 0.2) is 0 Å². The average molecular weight is 504 g/mol. The van der Waals surface area contributed by atoms with E-state index in [0.717, 1.165) is 10.7 Å². The van der Waals surface area contributed by atoms with Crippen LogP contribution in [0.15, 0.2) is 58.5 Å². The van der Waals surface area contributed by atoms with Crippen LogP contribution in [0.4, 0.5) is 5.69 Å². The predicted octanol–water partition coefficient (Wildman–Crippen LogP) is 2.73. The van der Waals surface area contributed by atoms with E-state index in [4.69, 9.17) is 14.2 Å². The molecule has 2 aromatic rings. The summed E-state index contributed by atoms with van der Waals surface area (Å²) in [5, 5.41) is 4.12. The number of ether oxygens (including phenoxy) is 3. The quantitative estimate of drug-likeness (QED) is 0.391. The SMILES string of the molecule is CCOC(=O)[C@@H]1CCC/C1=N/NC(=O)CN(c1cc(OC)ccc1OC)S(=O)(=O)c1ccccc1. The van der Waals surface area contributed by atoms with Crippen LogP contribution in [0.3, 0.4) is 0 Å². The number of nitrogens with zero attached hydrogens (tertiary/aromatic N) is 2. The molecule has 1 fully saturated rings. The van der Waals surface area contributed by atoms with Crippen LogP contribution >= 0.6 is 0 Å². The van der Waals surface area contributed by atoms with E-state index >= 15 is 0 Å². The molecule has 2 aromatic carbocycles. The standard InChI is InChI=1S/C24H29N3O7S/c1-4-34-24(29)19-11-8-12-20(19)25-26-23(28)16-27(35(30,31)18-9-6-5-7-10-18)21-15-17(32-2)13-14-22(21)33-3/h5-7,9-10,13-15,19H,4,8,11-12,16H2,1-3H3,(H,26,28)/b25-20-/t19-/m1/s1. The molecule has 10 nitrogen and oxygen atoms in total. The summed E-state index contributed by atoms with van der Waals surface area (Å²) in [4.78, 5) is 25.1. The molecule has 1 atom stereocenters. The molecule has 0 bridgehead atoms. The number of nitrogens with one attached hydrogen (secondary N) is 1. The summed E-state index contributed by atoms with van der Waals surface area (Å²) in [5.41, 5.74) is 3.04. The Morgan fingerprint density at radius 3 is 2.51 bits per heavy atom. The Kier molecular flexibility index (Phi) is 8.69. The van der Waals surface area contributed by atoms with Crippen molar-refractivity contribution in [3.63, 3.8) is 0 Å². The van der Waals surface area contributed by atoms with E-state index in [0.29, 0.717) is 24.3 Å². The number of sulfonamides is 1. The number of carbonyl (C=O) groups excluding carboxylic acids is 2. The van der Waals surface area contributed by atoms with Gasteiger partial charge in [0.25, 0.3) is 15.9 Å². The van der Waals surface area contributed by atoms with E-state index in [1.807, 2.05) is 0 Å². The van der Waals surface area contributed by atoms with Crippen LogP contribution in [0.25, 0.3) is 0 Å². The molecule has 0 radical (unpaired) electrons. The molecule has 11 heteroatoms. The lowest BCUT2D eigenvalue weighted by Crippen LogP contribution is -2.40. The molecule has 188 valence electrons. The predicted molar refractivity (Wildman–Crippen MR) is 130 cm³/mol. The summed E-state index contributed by atoms with van der Waals surface area (Å²) in [5.74, 6) is -0.956. The van der Waals surface area contributed by atoms with Gasteiger partial charge in [-0.2, -0.15) is 5.10 Å². The molecule has 0 unspecified atom stereocenters. The van der Waals surface area contributed by atoms with Gasteiger partial charge in [0.2, 0.25) is 0 Å². The highest BCUT2D eigenvalue weighted by molar-refractivity contribution is 7.92. The maximum atomic E-state index is 13.6. The Balaban J connectivity index is 1.92. The lowest BCUT2D eigenvalue weighted by Gasteiger charge is -2.25. The van der Waals surface area contributed by atoms with Gasteiger partial charge >= 0.3 is 5.97 Å². The van der Waals surface area contributed by atoms with Gasteiger partial charge < -0.3 is 14.2 Å². The van der Waals surface area contributed by atoms with Crippen molar-refractivity contribution < 1.29 is 32.2 Å². The van der Waals surface area contributed by atoms with Crippen molar-refractivity contribution in [3.05, 3.63) is 48.5 Å². The van der Waals surface area contributed by atoms with Crippen LogP contribution in [-0.4, -0.2) is 53.4 Å². The topological polar surface area (TPSA) is 124 Å². The number of hydrogen-bond donors (Lipinski definition) is 1. The number of anilines is 1. The molecule has 0 aromatic heterocycles. The summed E-state index contributed by atoms with van der Waals surface area (Å²) in [7, 11) is -1.31. The number of rotatable bonds is 10. The third-order valence-electron chi connectivity index (χ3n) is 5.50. The van der Waals surface area contributed by atoms with E-state index in [1.54, 1.807) is 37.3 Å². The minimum Gasteiger partial charge on any atom is -0.497 e. The molecule has 3 rings (SSSR count). The van der Waals surface area contributed by atoms with Crippen LogP contribution in [0.1, 0.15) is 26.2 Å². The Labute approximate surface area is 204 Å². The van der Waals surface area contributed by atoms with Crippen molar-refractivity contribution in [2.75, 3.05) is 31.7 Å². The molecule has 1 aliphatic rings. The summed E-state index contributed by atoms with van der Waals surface area (Å²) in [6.07, 6.45) is 1.87. The normalized spacial score (nSPS) is 16.5. The molecule has 0 heterocycles. The van der Waals surface area contributed by atoms with Crippen molar-refractivity contribution in [2.45, 2.75) is 31.1 Å². The molecular formula is C24H29N3O7S. The smallest absolute Gasteiger partial charge is 0.314 e. The molecule has 0 aliphatic heterocycles. The molecule has 1 saturated carbocycles. The molecule has 1 aliphatic carbocycles. The Bertz CT molecular complexity index is 1180. The number of hydrazone groups is 1. The second kappa shape index (κ2) is 11.7. The highest BCUT2D eigenvalue weighted by Gasteiger charge is 2.32. The van der Waals surface area contributed by atoms with Gasteiger partial charge in [-0.1, -0.05) is 18.2 Å². The zero-order valence-corrected chi connectivity index (χ0v) is 20.7. The van der Waals surface area contributed by atoms with E-state index in [1.165, 1.54) is 32.4 Å². The Hall–Kier alpha value is -3.60. The first-order valence-electron chi connectivity index (χ1n) is 11.1. The number of hydrogen-bond acceptors (Lipinski definition) is 8. The van der Waals surface area contributed by atoms with Crippen LogP contribution in [0, 0.1) is 5.92 Å². The van der Waals surface area contributed by atoms with Crippen LogP contribution in [0.2, 0.25) is 0 Å². The minimum atomic E-state index is -4.16. The number of benzene rings is 2. The third kappa shape index (κ3) is 6.10.